The quantitative estimate of drug-likeness (QED) is 0.0294. The van der Waals surface area contributed by atoms with E-state index in [0.29, 0.717) is 74.2 Å². The molecule has 9 rings (SSSR count). The minimum Gasteiger partial charge on any atom is -0.475 e. The second kappa shape index (κ2) is 31.5. The van der Waals surface area contributed by atoms with Crippen LogP contribution in [0.4, 0.5) is 10.7 Å². The minimum absolute atomic E-state index is 0.00625. The molecule has 3 aliphatic rings. The first-order chi connectivity index (χ1) is 40.0. The number of hydrogen-bond donors (Lipinski definition) is 2. The van der Waals surface area contributed by atoms with Gasteiger partial charge in [0.25, 0.3) is 0 Å². The molecule has 0 saturated carbocycles. The van der Waals surface area contributed by atoms with Crippen LogP contribution in [0.2, 0.25) is 0 Å². The van der Waals surface area contributed by atoms with Crippen LogP contribution in [0.3, 0.4) is 0 Å². The van der Waals surface area contributed by atoms with E-state index in [1.54, 1.807) is 57.7 Å². The fourth-order valence-electron chi connectivity index (χ4n) is 10.1. The van der Waals surface area contributed by atoms with Gasteiger partial charge in [-0.15, -0.1) is 0 Å². The summed E-state index contributed by atoms with van der Waals surface area (Å²) < 4.78 is 28.2. The summed E-state index contributed by atoms with van der Waals surface area (Å²) >= 11 is 0. The van der Waals surface area contributed by atoms with E-state index in [2.05, 4.69) is 50.8 Å². The SMILES string of the molecule is CCCC1CC(=O)N(Cc2cnc(C#N)n2C)C1.CCCC1CC(=O)N(Cc2cnc(C(=O)O)n2C)C1.CCCC1CC(=O)N(Cc2cnc(NC(=O)OCc3ccccc3)n2C)C1.[N-]=[N+]=NP(=O)(Cc1ccccc1)Oc1ccccc1. The van der Waals surface area contributed by atoms with E-state index in [0.717, 1.165) is 86.4 Å². The van der Waals surface area contributed by atoms with E-state index in [-0.39, 0.29) is 36.3 Å². The molecule has 3 aromatic heterocycles. The number of benzene rings is 3. The van der Waals surface area contributed by atoms with Gasteiger partial charge in [-0.1, -0.05) is 119 Å². The van der Waals surface area contributed by atoms with Crippen LogP contribution < -0.4 is 9.84 Å². The highest BCUT2D eigenvalue weighted by Crippen LogP contribution is 2.52. The summed E-state index contributed by atoms with van der Waals surface area (Å²) in [5.41, 5.74) is 12.8. The van der Waals surface area contributed by atoms with E-state index in [4.69, 9.17) is 25.2 Å². The van der Waals surface area contributed by atoms with Crippen molar-refractivity contribution in [3.05, 3.63) is 160 Å². The Labute approximate surface area is 484 Å². The van der Waals surface area contributed by atoms with Gasteiger partial charge in [-0.3, -0.25) is 24.3 Å². The molecule has 3 saturated heterocycles. The average molecular weight is 1160 g/mol. The third-order valence-electron chi connectivity index (χ3n) is 14.4. The first-order valence-electron chi connectivity index (χ1n) is 27.9. The number of aromatic carboxylic acids is 1. The van der Waals surface area contributed by atoms with Gasteiger partial charge in [-0.2, -0.15) is 5.26 Å². The van der Waals surface area contributed by atoms with Crippen LogP contribution in [0.15, 0.2) is 114 Å². The van der Waals surface area contributed by atoms with Crippen LogP contribution in [-0.4, -0.2) is 97.9 Å². The number of imidazole rings is 3. The maximum absolute atomic E-state index is 12.5. The van der Waals surface area contributed by atoms with E-state index < -0.39 is 19.6 Å². The van der Waals surface area contributed by atoms with Crippen LogP contribution in [0.5, 0.6) is 5.75 Å². The predicted molar refractivity (Wildman–Crippen MR) is 311 cm³/mol. The summed E-state index contributed by atoms with van der Waals surface area (Å²) in [5.74, 6) is 2.10. The molecule has 6 heterocycles. The maximum Gasteiger partial charge on any atom is 0.414 e. The van der Waals surface area contributed by atoms with Crippen molar-refractivity contribution >= 4 is 43.3 Å². The predicted octanol–water partition coefficient (Wildman–Crippen LogP) is 10.8. The lowest BCUT2D eigenvalue weighted by atomic mass is 10.0. The topological polar surface area (TPSA) is 289 Å². The van der Waals surface area contributed by atoms with Crippen molar-refractivity contribution in [2.24, 2.45) is 43.8 Å². The minimum atomic E-state index is -3.45. The highest BCUT2D eigenvalue weighted by Gasteiger charge is 2.32. The second-order valence-electron chi connectivity index (χ2n) is 20.8. The molecule has 6 aromatic rings. The number of likely N-dealkylation sites (tertiary alicyclic amines) is 3. The Morgan fingerprint density at radius 2 is 1.13 bits per heavy atom. The molecule has 4 atom stereocenters. The van der Waals surface area contributed by atoms with Crippen LogP contribution in [0.1, 0.15) is 123 Å². The summed E-state index contributed by atoms with van der Waals surface area (Å²) in [6.07, 6.45) is 12.9. The van der Waals surface area contributed by atoms with E-state index in [1.165, 1.54) is 10.8 Å². The summed E-state index contributed by atoms with van der Waals surface area (Å²) in [5, 5.41) is 20.4. The largest absolute Gasteiger partial charge is 0.475 e. The third kappa shape index (κ3) is 18.9. The number of anilines is 1. The van der Waals surface area contributed by atoms with Gasteiger partial charge in [0, 0.05) is 69.8 Å². The lowest BCUT2D eigenvalue weighted by Crippen LogP contribution is -2.26. The zero-order valence-corrected chi connectivity index (χ0v) is 49.0. The van der Waals surface area contributed by atoms with Crippen LogP contribution in [-0.2, 0) is 77.2 Å². The first kappa shape index (κ1) is 63.5. The number of amides is 4. The number of azide groups is 1. The van der Waals surface area contributed by atoms with Gasteiger partial charge in [-0.25, -0.2) is 24.5 Å². The normalized spacial score (nSPS) is 17.0. The fourth-order valence-corrected chi connectivity index (χ4v) is 11.5. The first-order valence-corrected chi connectivity index (χ1v) is 29.6. The lowest BCUT2D eigenvalue weighted by Gasteiger charge is -2.17. The third-order valence-corrected chi connectivity index (χ3v) is 16.0. The molecule has 3 fully saturated rings. The molecule has 4 amide bonds. The monoisotopic (exact) mass is 1150 g/mol. The van der Waals surface area contributed by atoms with Gasteiger partial charge in [0.15, 0.2) is 0 Å². The number of hydrogen-bond acceptors (Lipinski definition) is 12. The molecule has 0 radical (unpaired) electrons. The maximum atomic E-state index is 12.5. The van der Waals surface area contributed by atoms with Crippen molar-refractivity contribution in [3.8, 4) is 11.8 Å². The summed E-state index contributed by atoms with van der Waals surface area (Å²) in [6.45, 7) is 10.5. The van der Waals surface area contributed by atoms with Gasteiger partial charge >= 0.3 is 19.6 Å². The molecular formula is C59H75N14O9P. The average Bonchev–Trinajstić information content (AvgIpc) is 4.56. The molecule has 3 aliphatic heterocycles. The van der Waals surface area contributed by atoms with Crippen LogP contribution in [0.25, 0.3) is 10.4 Å². The number of rotatable bonds is 21. The van der Waals surface area contributed by atoms with E-state index in [1.807, 2.05) is 96.7 Å². The van der Waals surface area contributed by atoms with Crippen molar-refractivity contribution in [1.29, 1.82) is 5.26 Å². The van der Waals surface area contributed by atoms with Crippen molar-refractivity contribution < 1.29 is 42.9 Å². The zero-order valence-electron chi connectivity index (χ0n) is 48.1. The number of nitriles is 1. The van der Waals surface area contributed by atoms with Crippen molar-refractivity contribution in [3.63, 3.8) is 0 Å². The lowest BCUT2D eigenvalue weighted by molar-refractivity contribution is -0.129. The zero-order chi connectivity index (χ0) is 59.9. The Morgan fingerprint density at radius 1 is 0.687 bits per heavy atom. The Bertz CT molecular complexity index is 3200. The fraction of sp³-hybridized carbons (Fsp3) is 0.441. The molecule has 440 valence electrons. The number of para-hydroxylation sites is 1. The molecule has 0 bridgehead atoms. The second-order valence-corrected chi connectivity index (χ2v) is 22.7. The van der Waals surface area contributed by atoms with Gasteiger partial charge in [-0.05, 0) is 65.8 Å². The summed E-state index contributed by atoms with van der Waals surface area (Å²) in [7, 11) is 1.84. The van der Waals surface area contributed by atoms with Crippen LogP contribution in [0, 0.1) is 29.1 Å². The van der Waals surface area contributed by atoms with Gasteiger partial charge in [0.2, 0.25) is 35.3 Å². The molecular weight excluding hydrogens is 1080 g/mol. The molecule has 24 heteroatoms. The summed E-state index contributed by atoms with van der Waals surface area (Å²) in [4.78, 5) is 82.5. The number of nitrogens with one attached hydrogen (secondary N) is 1. The van der Waals surface area contributed by atoms with E-state index >= 15 is 0 Å². The van der Waals surface area contributed by atoms with Crippen molar-refractivity contribution in [1.82, 2.24) is 43.4 Å². The summed E-state index contributed by atoms with van der Waals surface area (Å²) in [6, 6.07) is 29.4. The standard InChI is InChI=1S/C20H26N4O3.C13H18N4O.C13H19N3O3.C13H12N3O2P/c1-3-7-16-10-18(25)24(12-16)13-17-11-21-19(23(17)2)22-20(26)27-14-15-8-5-4-6-9-15;1-3-4-10-5-13(18)17(8-10)9-11-7-15-12(6-14)16(11)2;1-3-4-9-5-11(17)16(7-9)8-10-6-14-12(13(18)19)15(10)2;14-15-16-19(17,11-12-7-3-1-4-8-12)18-13-9-5-2-6-10-13/h4-6,8-9,11,16H,3,7,10,12-14H2,1-2H3,(H,21,22,26);7,10H,3-5,8-9H2,1-2H3;6,9H,3-5,7-8H2,1-2H3,(H,18,19);1-10H,11H2. The van der Waals surface area contributed by atoms with Gasteiger partial charge in [0.05, 0.1) is 61.5 Å². The van der Waals surface area contributed by atoms with Gasteiger partial charge in [0.1, 0.15) is 18.4 Å². The van der Waals surface area contributed by atoms with E-state index in [9.17, 15) is 28.5 Å². The van der Waals surface area contributed by atoms with Crippen molar-refractivity contribution in [2.45, 2.75) is 111 Å². The molecule has 83 heavy (non-hydrogen) atoms. The highest BCUT2D eigenvalue weighted by atomic mass is 31.2. The number of nitrogens with zero attached hydrogens (tertiary/aromatic N) is 13. The van der Waals surface area contributed by atoms with Gasteiger partial charge < -0.3 is 42.8 Å². The van der Waals surface area contributed by atoms with Crippen molar-refractivity contribution in [2.75, 3.05) is 25.0 Å². The van der Waals surface area contributed by atoms with Crippen LogP contribution >= 0.6 is 7.52 Å². The Hall–Kier alpha value is -8.73. The molecule has 23 nitrogen and oxygen atoms in total. The molecule has 4 unspecified atom stereocenters. The Morgan fingerprint density at radius 3 is 1.58 bits per heavy atom. The molecule has 2 N–H and O–H groups in total. The highest BCUT2D eigenvalue weighted by molar-refractivity contribution is 7.57. The molecule has 0 spiro atoms. The number of carboxylic acid groups (broad SMARTS) is 1. The Balaban J connectivity index is 0.000000180. The molecule has 3 aromatic carbocycles. The number of ether oxygens (including phenoxy) is 1. The number of carbonyl (C=O) groups excluding carboxylic acids is 4. The smallest absolute Gasteiger partial charge is 0.414 e. The number of aromatic nitrogens is 6. The number of carboxylic acids is 1. The Kier molecular flexibility index (Phi) is 24.1. The molecule has 0 aliphatic carbocycles. The number of carbonyl (C=O) groups is 5.